The molecule has 0 amide bonds. The molecule has 2 fully saturated rings. The first-order valence-corrected chi connectivity index (χ1v) is 7.09. The van der Waals surface area contributed by atoms with E-state index in [1.807, 2.05) is 18.2 Å². The molecule has 0 atom stereocenters. The standard InChI is InChI=1S/C16H20N2O2.ClH/c1-20-15(19)8-7-13-5-2-3-6-14(13)18-10-4-9-16(18)11-17-12-16;/h2-3,5-8,17H,4,9-12H2,1H3;1H/b8-7+;. The molecule has 0 aromatic heterocycles. The van der Waals surface area contributed by atoms with Crippen LogP contribution in [0.5, 0.6) is 0 Å². The van der Waals surface area contributed by atoms with Crippen LogP contribution in [0.25, 0.3) is 6.08 Å². The lowest BCUT2D eigenvalue weighted by Crippen LogP contribution is -2.66. The second-order valence-corrected chi connectivity index (χ2v) is 5.50. The highest BCUT2D eigenvalue weighted by molar-refractivity contribution is 5.88. The van der Waals surface area contributed by atoms with Crippen molar-refractivity contribution in [2.45, 2.75) is 18.4 Å². The van der Waals surface area contributed by atoms with E-state index in [2.05, 4.69) is 27.1 Å². The smallest absolute Gasteiger partial charge is 0.330 e. The van der Waals surface area contributed by atoms with Crippen molar-refractivity contribution in [2.75, 3.05) is 31.6 Å². The van der Waals surface area contributed by atoms with Crippen molar-refractivity contribution in [1.82, 2.24) is 5.32 Å². The Balaban J connectivity index is 0.00000161. The Labute approximate surface area is 131 Å². The van der Waals surface area contributed by atoms with E-state index >= 15 is 0 Å². The highest BCUT2D eigenvalue weighted by Crippen LogP contribution is 2.38. The lowest BCUT2D eigenvalue weighted by molar-refractivity contribution is -0.134. The van der Waals surface area contributed by atoms with Crippen molar-refractivity contribution in [2.24, 2.45) is 0 Å². The molecule has 0 aliphatic carbocycles. The molecule has 2 aliphatic heterocycles. The van der Waals surface area contributed by atoms with E-state index in [0.717, 1.165) is 25.2 Å². The number of ether oxygens (including phenoxy) is 1. The molecule has 2 aliphatic rings. The van der Waals surface area contributed by atoms with Crippen molar-refractivity contribution in [3.05, 3.63) is 35.9 Å². The molecule has 4 nitrogen and oxygen atoms in total. The fraction of sp³-hybridized carbons (Fsp3) is 0.438. The van der Waals surface area contributed by atoms with Gasteiger partial charge in [0.05, 0.1) is 12.6 Å². The summed E-state index contributed by atoms with van der Waals surface area (Å²) in [6.45, 7) is 3.20. The predicted molar refractivity (Wildman–Crippen MR) is 86.9 cm³/mol. The van der Waals surface area contributed by atoms with Crippen molar-refractivity contribution in [3.63, 3.8) is 0 Å². The first-order chi connectivity index (χ1) is 9.75. The van der Waals surface area contributed by atoms with Gasteiger partial charge in [0, 0.05) is 31.4 Å². The first-order valence-electron chi connectivity index (χ1n) is 7.09. The number of hydrogen-bond donors (Lipinski definition) is 1. The minimum atomic E-state index is -0.318. The zero-order chi connectivity index (χ0) is 14.0. The summed E-state index contributed by atoms with van der Waals surface area (Å²) in [6.07, 6.45) is 5.81. The number of anilines is 1. The van der Waals surface area contributed by atoms with Gasteiger partial charge < -0.3 is 15.0 Å². The van der Waals surface area contributed by atoms with Crippen molar-refractivity contribution >= 4 is 30.1 Å². The van der Waals surface area contributed by atoms with E-state index in [0.29, 0.717) is 0 Å². The number of hydrogen-bond acceptors (Lipinski definition) is 4. The van der Waals surface area contributed by atoms with Crippen LogP contribution in [0, 0.1) is 0 Å². The van der Waals surface area contributed by atoms with E-state index in [4.69, 9.17) is 0 Å². The van der Waals surface area contributed by atoms with Gasteiger partial charge in [0.25, 0.3) is 0 Å². The number of benzene rings is 1. The summed E-state index contributed by atoms with van der Waals surface area (Å²) in [5.74, 6) is -0.318. The second-order valence-electron chi connectivity index (χ2n) is 5.50. The highest BCUT2D eigenvalue weighted by Gasteiger charge is 2.46. The zero-order valence-corrected chi connectivity index (χ0v) is 13.0. The SMILES string of the molecule is COC(=O)/C=C/c1ccccc1N1CCCC12CNC2.Cl. The van der Waals surface area contributed by atoms with Crippen LogP contribution in [0.4, 0.5) is 5.69 Å². The Bertz CT molecular complexity index is 541. The fourth-order valence-corrected chi connectivity index (χ4v) is 3.20. The van der Waals surface area contributed by atoms with Crippen LogP contribution in [0.2, 0.25) is 0 Å². The van der Waals surface area contributed by atoms with E-state index < -0.39 is 0 Å². The van der Waals surface area contributed by atoms with Crippen LogP contribution in [-0.4, -0.2) is 38.3 Å². The molecular formula is C16H21ClN2O2. The first kappa shape index (κ1) is 15.9. The molecule has 1 N–H and O–H groups in total. The number of nitrogens with zero attached hydrogens (tertiary/aromatic N) is 1. The lowest BCUT2D eigenvalue weighted by atomic mass is 9.88. The Hall–Kier alpha value is -1.52. The third-order valence-electron chi connectivity index (χ3n) is 4.33. The fourth-order valence-electron chi connectivity index (χ4n) is 3.20. The van der Waals surface area contributed by atoms with Gasteiger partial charge in [-0.2, -0.15) is 0 Å². The topological polar surface area (TPSA) is 41.6 Å². The van der Waals surface area contributed by atoms with Gasteiger partial charge in [-0.1, -0.05) is 18.2 Å². The highest BCUT2D eigenvalue weighted by atomic mass is 35.5. The predicted octanol–water partition coefficient (Wildman–Crippen LogP) is 2.24. The van der Waals surface area contributed by atoms with Crippen molar-refractivity contribution in [1.29, 1.82) is 0 Å². The average Bonchev–Trinajstić information content (AvgIpc) is 2.89. The monoisotopic (exact) mass is 308 g/mol. The summed E-state index contributed by atoms with van der Waals surface area (Å²) >= 11 is 0. The number of nitrogens with one attached hydrogen (secondary N) is 1. The van der Waals surface area contributed by atoms with E-state index in [9.17, 15) is 4.79 Å². The van der Waals surface area contributed by atoms with Gasteiger partial charge >= 0.3 is 5.97 Å². The van der Waals surface area contributed by atoms with Gasteiger partial charge in [0.15, 0.2) is 0 Å². The summed E-state index contributed by atoms with van der Waals surface area (Å²) < 4.78 is 4.66. The van der Waals surface area contributed by atoms with E-state index in [1.54, 1.807) is 0 Å². The molecule has 0 unspecified atom stereocenters. The number of methoxy groups -OCH3 is 1. The van der Waals surface area contributed by atoms with Crippen LogP contribution < -0.4 is 10.2 Å². The van der Waals surface area contributed by atoms with Crippen molar-refractivity contribution in [3.8, 4) is 0 Å². The molecule has 2 heterocycles. The number of carbonyl (C=O) groups is 1. The van der Waals surface area contributed by atoms with Crippen LogP contribution in [0.15, 0.2) is 30.3 Å². The van der Waals surface area contributed by atoms with Gasteiger partial charge in [-0.3, -0.25) is 0 Å². The Kier molecular flexibility index (Phi) is 4.91. The van der Waals surface area contributed by atoms with Crippen LogP contribution in [0.3, 0.4) is 0 Å². The quantitative estimate of drug-likeness (QED) is 0.687. The molecule has 0 saturated carbocycles. The second kappa shape index (κ2) is 6.50. The Morgan fingerprint density at radius 3 is 2.81 bits per heavy atom. The lowest BCUT2D eigenvalue weighted by Gasteiger charge is -2.48. The molecule has 114 valence electrons. The zero-order valence-electron chi connectivity index (χ0n) is 12.2. The van der Waals surface area contributed by atoms with E-state index in [1.165, 1.54) is 31.7 Å². The number of halogens is 1. The minimum Gasteiger partial charge on any atom is -0.466 e. The summed E-state index contributed by atoms with van der Waals surface area (Å²) in [6, 6.07) is 8.25. The number of carbonyl (C=O) groups excluding carboxylic acids is 1. The van der Waals surface area contributed by atoms with Gasteiger partial charge in [-0.15, -0.1) is 12.4 Å². The Morgan fingerprint density at radius 1 is 1.38 bits per heavy atom. The molecule has 21 heavy (non-hydrogen) atoms. The molecular weight excluding hydrogens is 288 g/mol. The normalized spacial score (nSPS) is 19.4. The molecule has 3 rings (SSSR count). The molecule has 1 aromatic carbocycles. The minimum absolute atomic E-state index is 0. The summed E-state index contributed by atoms with van der Waals surface area (Å²) in [5.41, 5.74) is 2.58. The van der Waals surface area contributed by atoms with Crippen LogP contribution in [-0.2, 0) is 9.53 Å². The number of rotatable bonds is 3. The maximum atomic E-state index is 11.3. The third kappa shape index (κ3) is 2.92. The third-order valence-corrected chi connectivity index (χ3v) is 4.33. The van der Waals surface area contributed by atoms with Gasteiger partial charge in [0.1, 0.15) is 0 Å². The Morgan fingerprint density at radius 2 is 2.14 bits per heavy atom. The van der Waals surface area contributed by atoms with E-state index in [-0.39, 0.29) is 23.9 Å². The maximum Gasteiger partial charge on any atom is 0.330 e. The molecule has 0 radical (unpaired) electrons. The largest absolute Gasteiger partial charge is 0.466 e. The molecule has 1 spiro atoms. The average molecular weight is 309 g/mol. The van der Waals surface area contributed by atoms with Crippen LogP contribution in [0.1, 0.15) is 18.4 Å². The van der Waals surface area contributed by atoms with Gasteiger partial charge in [-0.05, 0) is 30.5 Å². The molecule has 5 heteroatoms. The summed E-state index contributed by atoms with van der Waals surface area (Å²) in [7, 11) is 1.40. The molecule has 0 bridgehead atoms. The molecule has 1 aromatic rings. The summed E-state index contributed by atoms with van der Waals surface area (Å²) in [5, 5.41) is 3.39. The number of para-hydroxylation sites is 1. The van der Waals surface area contributed by atoms with Gasteiger partial charge in [0.2, 0.25) is 0 Å². The molecule has 2 saturated heterocycles. The van der Waals surface area contributed by atoms with Crippen LogP contribution >= 0.6 is 12.4 Å². The maximum absolute atomic E-state index is 11.3. The van der Waals surface area contributed by atoms with Gasteiger partial charge in [-0.25, -0.2) is 4.79 Å². The number of esters is 1. The summed E-state index contributed by atoms with van der Waals surface area (Å²) in [4.78, 5) is 13.8. The van der Waals surface area contributed by atoms with Crippen molar-refractivity contribution < 1.29 is 9.53 Å².